The number of halogens is 4. The van der Waals surface area contributed by atoms with Gasteiger partial charge in [0.05, 0.1) is 12.2 Å². The van der Waals surface area contributed by atoms with Crippen LogP contribution in [0.1, 0.15) is 11.9 Å². The molecule has 0 aliphatic carbocycles. The van der Waals surface area contributed by atoms with Crippen LogP contribution in [0.5, 0.6) is 0 Å². The molecule has 1 saturated heterocycles. The number of guanidine groups is 1. The van der Waals surface area contributed by atoms with Crippen molar-refractivity contribution in [3.8, 4) is 11.3 Å². The molecular formula is C19H25F3IN5S. The summed E-state index contributed by atoms with van der Waals surface area (Å²) in [6.45, 7) is 3.48. The van der Waals surface area contributed by atoms with Gasteiger partial charge in [-0.2, -0.15) is 13.2 Å². The van der Waals surface area contributed by atoms with E-state index in [0.717, 1.165) is 16.3 Å². The second-order valence-electron chi connectivity index (χ2n) is 6.63. The summed E-state index contributed by atoms with van der Waals surface area (Å²) in [4.78, 5) is 12.4. The highest BCUT2D eigenvalue weighted by atomic mass is 127. The van der Waals surface area contributed by atoms with Crippen molar-refractivity contribution >= 4 is 41.3 Å². The van der Waals surface area contributed by atoms with Crippen molar-refractivity contribution < 1.29 is 13.2 Å². The normalized spacial score (nSPS) is 17.0. The van der Waals surface area contributed by atoms with Gasteiger partial charge >= 0.3 is 6.18 Å². The number of thiazole rings is 1. The largest absolute Gasteiger partial charge is 0.403 e. The van der Waals surface area contributed by atoms with Crippen LogP contribution in [-0.2, 0) is 6.54 Å². The van der Waals surface area contributed by atoms with Gasteiger partial charge in [-0.1, -0.05) is 30.3 Å². The SMILES string of the molecule is CN=C(NCc1nc(-c2ccccc2)cs1)N1CCN(C(C)C(F)(F)F)CC1.I. The van der Waals surface area contributed by atoms with Crippen molar-refractivity contribution in [1.29, 1.82) is 0 Å². The van der Waals surface area contributed by atoms with Crippen LogP contribution >= 0.6 is 35.3 Å². The van der Waals surface area contributed by atoms with E-state index in [0.29, 0.717) is 38.7 Å². The Morgan fingerprint density at radius 2 is 1.86 bits per heavy atom. The zero-order valence-corrected chi connectivity index (χ0v) is 19.5. The number of alkyl halides is 3. The standard InChI is InChI=1S/C19H24F3N5S.HI/c1-14(19(20,21)22)26-8-10-27(11-9-26)18(23-2)24-12-17-25-16(13-28-17)15-6-4-3-5-7-15;/h3-7,13-14H,8-12H2,1-2H3,(H,23,24);1H. The Bertz CT molecular complexity index is 789. The Morgan fingerprint density at radius 3 is 2.45 bits per heavy atom. The van der Waals surface area contributed by atoms with E-state index in [-0.39, 0.29) is 24.0 Å². The highest BCUT2D eigenvalue weighted by Crippen LogP contribution is 2.25. The van der Waals surface area contributed by atoms with E-state index >= 15 is 0 Å². The maximum Gasteiger partial charge on any atom is 0.403 e. The van der Waals surface area contributed by atoms with Crippen LogP contribution in [0.2, 0.25) is 0 Å². The minimum absolute atomic E-state index is 0. The number of nitrogens with zero attached hydrogens (tertiary/aromatic N) is 4. The quantitative estimate of drug-likeness (QED) is 0.362. The lowest BCUT2D eigenvalue weighted by Gasteiger charge is -2.39. The number of aromatic nitrogens is 1. The first-order chi connectivity index (χ1) is 13.4. The zero-order valence-electron chi connectivity index (χ0n) is 16.3. The van der Waals surface area contributed by atoms with E-state index in [1.807, 2.05) is 40.6 Å². The van der Waals surface area contributed by atoms with Gasteiger partial charge in [0.15, 0.2) is 5.96 Å². The summed E-state index contributed by atoms with van der Waals surface area (Å²) >= 11 is 1.57. The smallest absolute Gasteiger partial charge is 0.350 e. The molecule has 3 rings (SSSR count). The molecule has 0 saturated carbocycles. The number of piperazine rings is 1. The second-order valence-corrected chi connectivity index (χ2v) is 7.58. The molecule has 0 spiro atoms. The summed E-state index contributed by atoms with van der Waals surface area (Å²) in [6, 6.07) is 8.55. The van der Waals surface area contributed by atoms with Gasteiger partial charge in [0.25, 0.3) is 0 Å². The van der Waals surface area contributed by atoms with Crippen molar-refractivity contribution in [2.45, 2.75) is 25.7 Å². The van der Waals surface area contributed by atoms with E-state index in [4.69, 9.17) is 0 Å². The van der Waals surface area contributed by atoms with Crippen LogP contribution in [-0.4, -0.2) is 66.2 Å². The highest BCUT2D eigenvalue weighted by molar-refractivity contribution is 14.0. The number of aliphatic imine (C=N–C) groups is 1. The molecule has 2 aromatic rings. The lowest BCUT2D eigenvalue weighted by molar-refractivity contribution is -0.181. The Morgan fingerprint density at radius 1 is 1.21 bits per heavy atom. The van der Waals surface area contributed by atoms with Crippen LogP contribution < -0.4 is 5.32 Å². The molecule has 0 amide bonds. The van der Waals surface area contributed by atoms with Gasteiger partial charge in [0, 0.05) is 44.2 Å². The summed E-state index contributed by atoms with van der Waals surface area (Å²) in [5.74, 6) is 0.691. The van der Waals surface area contributed by atoms with E-state index in [2.05, 4.69) is 15.3 Å². The van der Waals surface area contributed by atoms with Crippen molar-refractivity contribution in [3.63, 3.8) is 0 Å². The summed E-state index contributed by atoms with van der Waals surface area (Å²) in [7, 11) is 1.68. The van der Waals surface area contributed by atoms with Gasteiger partial charge < -0.3 is 10.2 Å². The van der Waals surface area contributed by atoms with Gasteiger partial charge in [-0.15, -0.1) is 35.3 Å². The van der Waals surface area contributed by atoms with Gasteiger partial charge in [-0.3, -0.25) is 9.89 Å². The third kappa shape index (κ3) is 6.29. The van der Waals surface area contributed by atoms with Crippen LogP contribution in [0.3, 0.4) is 0 Å². The number of benzene rings is 1. The summed E-state index contributed by atoms with van der Waals surface area (Å²) in [6.07, 6.45) is -4.19. The maximum absolute atomic E-state index is 12.9. The molecular weight excluding hydrogens is 514 g/mol. The van der Waals surface area contributed by atoms with Crippen LogP contribution in [0, 0.1) is 0 Å². The molecule has 160 valence electrons. The molecule has 29 heavy (non-hydrogen) atoms. The molecule has 2 heterocycles. The van der Waals surface area contributed by atoms with Crippen LogP contribution in [0.25, 0.3) is 11.3 Å². The summed E-state index contributed by atoms with van der Waals surface area (Å²) in [5, 5.41) is 6.23. The number of hydrogen-bond acceptors (Lipinski definition) is 4. The molecule has 1 aliphatic heterocycles. The first-order valence-corrected chi connectivity index (χ1v) is 10.0. The average Bonchev–Trinajstić information content (AvgIpc) is 3.17. The molecule has 5 nitrogen and oxygen atoms in total. The highest BCUT2D eigenvalue weighted by Gasteiger charge is 2.41. The van der Waals surface area contributed by atoms with Crippen LogP contribution in [0.4, 0.5) is 13.2 Å². The molecule has 1 aromatic carbocycles. The molecule has 1 atom stereocenters. The lowest BCUT2D eigenvalue weighted by atomic mass is 10.2. The van der Waals surface area contributed by atoms with Gasteiger partial charge in [-0.25, -0.2) is 4.98 Å². The number of nitrogens with one attached hydrogen (secondary N) is 1. The number of rotatable bonds is 4. The first-order valence-electron chi connectivity index (χ1n) is 9.14. The second kappa shape index (κ2) is 10.6. The minimum Gasteiger partial charge on any atom is -0.350 e. The minimum atomic E-state index is -4.19. The molecule has 0 radical (unpaired) electrons. The van der Waals surface area contributed by atoms with E-state index in [9.17, 15) is 13.2 Å². The van der Waals surface area contributed by atoms with E-state index in [1.165, 1.54) is 11.8 Å². The zero-order chi connectivity index (χ0) is 20.1. The van der Waals surface area contributed by atoms with Crippen molar-refractivity contribution in [2.75, 3.05) is 33.2 Å². The molecule has 0 bridgehead atoms. The predicted octanol–water partition coefficient (Wildman–Crippen LogP) is 4.07. The Hall–Kier alpha value is -1.40. The monoisotopic (exact) mass is 539 g/mol. The Kier molecular flexibility index (Phi) is 8.71. The third-order valence-electron chi connectivity index (χ3n) is 4.87. The van der Waals surface area contributed by atoms with Gasteiger partial charge in [-0.05, 0) is 6.92 Å². The Labute approximate surface area is 190 Å². The van der Waals surface area contributed by atoms with Gasteiger partial charge in [0.2, 0.25) is 0 Å². The molecule has 1 aromatic heterocycles. The van der Waals surface area contributed by atoms with Crippen LogP contribution in [0.15, 0.2) is 40.7 Å². The molecule has 1 unspecified atom stereocenters. The molecule has 10 heteroatoms. The van der Waals surface area contributed by atoms with E-state index < -0.39 is 12.2 Å². The summed E-state index contributed by atoms with van der Waals surface area (Å²) < 4.78 is 38.7. The van der Waals surface area contributed by atoms with Crippen molar-refractivity contribution in [1.82, 2.24) is 20.1 Å². The molecule has 1 N–H and O–H groups in total. The van der Waals surface area contributed by atoms with Crippen molar-refractivity contribution in [2.24, 2.45) is 4.99 Å². The van der Waals surface area contributed by atoms with Crippen molar-refractivity contribution in [3.05, 3.63) is 40.7 Å². The third-order valence-corrected chi connectivity index (χ3v) is 5.71. The Balaban J connectivity index is 0.00000300. The lowest BCUT2D eigenvalue weighted by Crippen LogP contribution is -2.56. The molecule has 1 aliphatic rings. The fourth-order valence-electron chi connectivity index (χ4n) is 3.15. The number of hydrogen-bond donors (Lipinski definition) is 1. The fraction of sp³-hybridized carbons (Fsp3) is 0.474. The van der Waals surface area contributed by atoms with Gasteiger partial charge in [0.1, 0.15) is 11.0 Å². The molecule has 1 fully saturated rings. The fourth-order valence-corrected chi connectivity index (χ4v) is 3.89. The maximum atomic E-state index is 12.9. The summed E-state index contributed by atoms with van der Waals surface area (Å²) in [5.41, 5.74) is 2.01. The topological polar surface area (TPSA) is 43.8 Å². The van der Waals surface area contributed by atoms with E-state index in [1.54, 1.807) is 18.4 Å². The first kappa shape index (κ1) is 23.9. The average molecular weight is 539 g/mol. The predicted molar refractivity (Wildman–Crippen MR) is 122 cm³/mol.